The lowest BCUT2D eigenvalue weighted by Gasteiger charge is -2.33. The number of nitrogens with zero attached hydrogens (tertiary/aromatic N) is 1. The van der Waals surface area contributed by atoms with Crippen LogP contribution in [0.15, 0.2) is 24.3 Å². The minimum absolute atomic E-state index is 0.0592. The van der Waals surface area contributed by atoms with Gasteiger partial charge in [0, 0.05) is 31.3 Å². The molecule has 2 rings (SSSR count). The van der Waals surface area contributed by atoms with Crippen LogP contribution in [0.2, 0.25) is 0 Å². The molecule has 0 aliphatic heterocycles. The summed E-state index contributed by atoms with van der Waals surface area (Å²) < 4.78 is 0. The molecule has 0 saturated heterocycles. The van der Waals surface area contributed by atoms with Crippen LogP contribution < -0.4 is 5.32 Å². The van der Waals surface area contributed by atoms with Gasteiger partial charge in [0.1, 0.15) is 0 Å². The maximum Gasteiger partial charge on any atom is 0.253 e. The predicted octanol–water partition coefficient (Wildman–Crippen LogP) is 3.30. The van der Waals surface area contributed by atoms with Crippen LogP contribution in [0.1, 0.15) is 49.9 Å². The molecule has 1 aromatic rings. The molecule has 1 N–H and O–H groups in total. The molecule has 1 aliphatic carbocycles. The molecule has 0 atom stereocenters. The normalized spacial score (nSPS) is 21.7. The molecule has 0 bridgehead atoms. The van der Waals surface area contributed by atoms with Gasteiger partial charge in [-0.3, -0.25) is 9.59 Å². The molecule has 21 heavy (non-hydrogen) atoms. The number of nitrogens with one attached hydrogen (secondary N) is 1. The summed E-state index contributed by atoms with van der Waals surface area (Å²) in [5.41, 5.74) is 1.39. The molecule has 4 heteroatoms. The van der Waals surface area contributed by atoms with Crippen molar-refractivity contribution in [2.45, 2.75) is 45.6 Å². The van der Waals surface area contributed by atoms with Crippen LogP contribution in [0.5, 0.6) is 0 Å². The number of carbonyl (C=O) groups excluding carboxylic acids is 2. The van der Waals surface area contributed by atoms with E-state index in [0.717, 1.165) is 18.8 Å². The fourth-order valence-electron chi connectivity index (χ4n) is 2.90. The molecule has 0 unspecified atom stereocenters. The predicted molar refractivity (Wildman–Crippen MR) is 84.3 cm³/mol. The Labute approximate surface area is 126 Å². The molecule has 1 aromatic carbocycles. The third kappa shape index (κ3) is 4.06. The highest BCUT2D eigenvalue weighted by Crippen LogP contribution is 2.27. The van der Waals surface area contributed by atoms with Crippen LogP contribution >= 0.6 is 0 Å². The van der Waals surface area contributed by atoms with E-state index in [1.165, 1.54) is 19.8 Å². The molecule has 2 amide bonds. The minimum Gasteiger partial charge on any atom is -0.339 e. The van der Waals surface area contributed by atoms with Crippen molar-refractivity contribution < 1.29 is 9.59 Å². The van der Waals surface area contributed by atoms with Gasteiger partial charge >= 0.3 is 0 Å². The molecule has 0 spiro atoms. The number of benzene rings is 1. The van der Waals surface area contributed by atoms with E-state index < -0.39 is 0 Å². The summed E-state index contributed by atoms with van der Waals surface area (Å²) in [6.45, 7) is 3.75. The average Bonchev–Trinajstić information content (AvgIpc) is 2.47. The summed E-state index contributed by atoms with van der Waals surface area (Å²) in [6, 6.07) is 7.44. The van der Waals surface area contributed by atoms with E-state index in [0.29, 0.717) is 17.3 Å². The number of rotatable bonds is 3. The Morgan fingerprint density at radius 1 is 1.10 bits per heavy atom. The van der Waals surface area contributed by atoms with Gasteiger partial charge in [0.15, 0.2) is 0 Å². The number of carbonyl (C=O) groups is 2. The number of hydrogen-bond donors (Lipinski definition) is 1. The van der Waals surface area contributed by atoms with Crippen molar-refractivity contribution >= 4 is 17.5 Å². The summed E-state index contributed by atoms with van der Waals surface area (Å²) in [5.74, 6) is 0.730. The molecule has 0 aromatic heterocycles. The average molecular weight is 288 g/mol. The molecule has 0 heterocycles. The maximum absolute atomic E-state index is 12.5. The highest BCUT2D eigenvalue weighted by atomic mass is 16.2. The van der Waals surface area contributed by atoms with Gasteiger partial charge < -0.3 is 10.2 Å². The van der Waals surface area contributed by atoms with Crippen molar-refractivity contribution in [1.82, 2.24) is 4.90 Å². The summed E-state index contributed by atoms with van der Waals surface area (Å²) in [6.07, 6.45) is 4.58. The lowest BCUT2D eigenvalue weighted by atomic mass is 9.86. The first-order valence-electron chi connectivity index (χ1n) is 7.62. The van der Waals surface area contributed by atoms with E-state index >= 15 is 0 Å². The number of hydrogen-bond acceptors (Lipinski definition) is 2. The molecule has 4 nitrogen and oxygen atoms in total. The zero-order valence-corrected chi connectivity index (χ0v) is 13.1. The number of anilines is 1. The van der Waals surface area contributed by atoms with E-state index in [4.69, 9.17) is 0 Å². The van der Waals surface area contributed by atoms with Crippen molar-refractivity contribution in [3.63, 3.8) is 0 Å². The van der Waals surface area contributed by atoms with Gasteiger partial charge in [0.25, 0.3) is 5.91 Å². The second-order valence-corrected chi connectivity index (χ2v) is 6.09. The van der Waals surface area contributed by atoms with Crippen molar-refractivity contribution in [2.75, 3.05) is 12.4 Å². The second kappa shape index (κ2) is 6.74. The van der Waals surface area contributed by atoms with Crippen LogP contribution in [-0.2, 0) is 4.79 Å². The minimum atomic E-state index is -0.109. The summed E-state index contributed by atoms with van der Waals surface area (Å²) in [4.78, 5) is 25.4. The quantitative estimate of drug-likeness (QED) is 0.927. The van der Waals surface area contributed by atoms with Crippen molar-refractivity contribution in [3.05, 3.63) is 29.8 Å². The smallest absolute Gasteiger partial charge is 0.253 e. The largest absolute Gasteiger partial charge is 0.339 e. The lowest BCUT2D eigenvalue weighted by Crippen LogP contribution is -2.39. The fraction of sp³-hybridized carbons (Fsp3) is 0.529. The van der Waals surface area contributed by atoms with Crippen LogP contribution in [0, 0.1) is 5.92 Å². The van der Waals surface area contributed by atoms with E-state index in [1.807, 2.05) is 11.9 Å². The highest BCUT2D eigenvalue weighted by Gasteiger charge is 2.25. The Kier molecular flexibility index (Phi) is 4.99. The second-order valence-electron chi connectivity index (χ2n) is 6.09. The molecule has 1 saturated carbocycles. The van der Waals surface area contributed by atoms with Gasteiger partial charge in [-0.1, -0.05) is 6.92 Å². The van der Waals surface area contributed by atoms with E-state index in [-0.39, 0.29) is 11.8 Å². The van der Waals surface area contributed by atoms with Gasteiger partial charge in [0.05, 0.1) is 0 Å². The molecule has 114 valence electrons. The van der Waals surface area contributed by atoms with E-state index in [1.54, 1.807) is 24.3 Å². The van der Waals surface area contributed by atoms with Crippen LogP contribution in [-0.4, -0.2) is 29.8 Å². The monoisotopic (exact) mass is 288 g/mol. The summed E-state index contributed by atoms with van der Waals surface area (Å²) >= 11 is 0. The molecule has 0 radical (unpaired) electrons. The van der Waals surface area contributed by atoms with Gasteiger partial charge in [-0.05, 0) is 55.9 Å². The molecular formula is C17H24N2O2. The molecular weight excluding hydrogens is 264 g/mol. The third-order valence-corrected chi connectivity index (χ3v) is 4.31. The summed E-state index contributed by atoms with van der Waals surface area (Å²) in [7, 11) is 1.89. The summed E-state index contributed by atoms with van der Waals surface area (Å²) in [5, 5.41) is 2.70. The van der Waals surface area contributed by atoms with Crippen LogP contribution in [0.3, 0.4) is 0 Å². The standard InChI is InChI=1S/C17H24N2O2/c1-12-4-10-16(11-5-12)19(3)17(21)14-6-8-15(9-7-14)18-13(2)20/h6-9,12,16H,4-5,10-11H2,1-3H3,(H,18,20). The zero-order chi connectivity index (χ0) is 15.4. The number of amides is 2. The SMILES string of the molecule is CC(=O)Nc1ccc(C(=O)N(C)C2CCC(C)CC2)cc1. The highest BCUT2D eigenvalue weighted by molar-refractivity contribution is 5.95. The van der Waals surface area contributed by atoms with Gasteiger partial charge in [-0.15, -0.1) is 0 Å². The molecule has 1 aliphatic rings. The Hall–Kier alpha value is -1.84. The Morgan fingerprint density at radius 2 is 1.67 bits per heavy atom. The Morgan fingerprint density at radius 3 is 2.19 bits per heavy atom. The third-order valence-electron chi connectivity index (χ3n) is 4.31. The molecule has 1 fully saturated rings. The van der Waals surface area contributed by atoms with Gasteiger partial charge in [-0.25, -0.2) is 0 Å². The van der Waals surface area contributed by atoms with Crippen LogP contribution in [0.25, 0.3) is 0 Å². The topological polar surface area (TPSA) is 49.4 Å². The lowest BCUT2D eigenvalue weighted by molar-refractivity contribution is -0.114. The van der Waals surface area contributed by atoms with Crippen molar-refractivity contribution in [3.8, 4) is 0 Å². The first-order chi connectivity index (χ1) is 9.97. The first kappa shape index (κ1) is 15.5. The van der Waals surface area contributed by atoms with E-state index in [9.17, 15) is 9.59 Å². The van der Waals surface area contributed by atoms with Crippen molar-refractivity contribution in [1.29, 1.82) is 0 Å². The zero-order valence-electron chi connectivity index (χ0n) is 13.1. The van der Waals surface area contributed by atoms with Gasteiger partial charge in [-0.2, -0.15) is 0 Å². The van der Waals surface area contributed by atoms with Gasteiger partial charge in [0.2, 0.25) is 5.91 Å². The maximum atomic E-state index is 12.5. The van der Waals surface area contributed by atoms with E-state index in [2.05, 4.69) is 12.2 Å². The first-order valence-corrected chi connectivity index (χ1v) is 7.62. The van der Waals surface area contributed by atoms with Crippen molar-refractivity contribution in [2.24, 2.45) is 5.92 Å². The Balaban J connectivity index is 2.00. The van der Waals surface area contributed by atoms with Crippen LogP contribution in [0.4, 0.5) is 5.69 Å². The fourth-order valence-corrected chi connectivity index (χ4v) is 2.90. The Bertz CT molecular complexity index is 502.